The molecule has 0 bridgehead atoms. The van der Waals surface area contributed by atoms with Gasteiger partial charge < -0.3 is 15.4 Å². The number of fused-ring (bicyclic) bond motifs is 1. The van der Waals surface area contributed by atoms with Crippen LogP contribution in [0.2, 0.25) is 0 Å². The molecule has 1 atom stereocenters. The zero-order chi connectivity index (χ0) is 17.2. The summed E-state index contributed by atoms with van der Waals surface area (Å²) in [6.45, 7) is 1.25. The Kier molecular flexibility index (Phi) is 4.26. The molecule has 0 saturated carbocycles. The van der Waals surface area contributed by atoms with E-state index in [4.69, 9.17) is 10.5 Å². The number of aromatic nitrogens is 2. The van der Waals surface area contributed by atoms with Crippen molar-refractivity contribution in [3.63, 3.8) is 0 Å². The SMILES string of the molecule is Nc1nc2c(c(C(=O)N3CC[C@@H](Oc4ccccc4)C3)n1)CCCC2. The summed E-state index contributed by atoms with van der Waals surface area (Å²) in [6, 6.07) is 9.73. The average molecular weight is 338 g/mol. The summed E-state index contributed by atoms with van der Waals surface area (Å²) in [5.74, 6) is 0.983. The van der Waals surface area contributed by atoms with Crippen LogP contribution in [0.1, 0.15) is 41.0 Å². The molecule has 1 aromatic carbocycles. The number of nitrogens with two attached hydrogens (primary N) is 1. The monoisotopic (exact) mass is 338 g/mol. The number of carbonyl (C=O) groups is 1. The lowest BCUT2D eigenvalue weighted by Gasteiger charge is -2.21. The van der Waals surface area contributed by atoms with Crippen LogP contribution in [0.4, 0.5) is 5.95 Å². The first-order valence-corrected chi connectivity index (χ1v) is 8.87. The number of hydrogen-bond acceptors (Lipinski definition) is 5. The van der Waals surface area contributed by atoms with Crippen LogP contribution in [0, 0.1) is 0 Å². The van der Waals surface area contributed by atoms with Gasteiger partial charge in [-0.3, -0.25) is 4.79 Å². The van der Waals surface area contributed by atoms with Crippen LogP contribution >= 0.6 is 0 Å². The van der Waals surface area contributed by atoms with Crippen LogP contribution < -0.4 is 10.5 Å². The van der Waals surface area contributed by atoms with Gasteiger partial charge >= 0.3 is 0 Å². The van der Waals surface area contributed by atoms with E-state index in [1.807, 2.05) is 35.2 Å². The number of anilines is 1. The molecule has 1 aliphatic heterocycles. The summed E-state index contributed by atoms with van der Waals surface area (Å²) in [4.78, 5) is 23.4. The molecule has 1 saturated heterocycles. The lowest BCUT2D eigenvalue weighted by atomic mass is 9.94. The van der Waals surface area contributed by atoms with Crippen molar-refractivity contribution in [2.24, 2.45) is 0 Å². The molecule has 2 heterocycles. The lowest BCUT2D eigenvalue weighted by molar-refractivity contribution is 0.0765. The fraction of sp³-hybridized carbons (Fsp3) is 0.421. The molecule has 6 heteroatoms. The number of carbonyl (C=O) groups excluding carboxylic acids is 1. The van der Waals surface area contributed by atoms with Crippen LogP contribution in [-0.2, 0) is 12.8 Å². The number of para-hydroxylation sites is 1. The van der Waals surface area contributed by atoms with Gasteiger partial charge in [-0.1, -0.05) is 18.2 Å². The van der Waals surface area contributed by atoms with Crippen molar-refractivity contribution in [2.45, 2.75) is 38.2 Å². The summed E-state index contributed by atoms with van der Waals surface area (Å²) in [5, 5.41) is 0. The number of nitrogen functional groups attached to an aromatic ring is 1. The smallest absolute Gasteiger partial charge is 0.273 e. The molecule has 1 aliphatic carbocycles. The van der Waals surface area contributed by atoms with Gasteiger partial charge in [0, 0.05) is 24.2 Å². The highest BCUT2D eigenvalue weighted by Crippen LogP contribution is 2.25. The van der Waals surface area contributed by atoms with E-state index in [0.717, 1.165) is 49.1 Å². The summed E-state index contributed by atoms with van der Waals surface area (Å²) < 4.78 is 5.98. The van der Waals surface area contributed by atoms with Crippen molar-refractivity contribution in [3.8, 4) is 5.75 Å². The first-order chi connectivity index (χ1) is 12.2. The van der Waals surface area contributed by atoms with Gasteiger partial charge in [-0.2, -0.15) is 0 Å². The van der Waals surface area contributed by atoms with Crippen LogP contribution in [-0.4, -0.2) is 40.0 Å². The van der Waals surface area contributed by atoms with Crippen molar-refractivity contribution >= 4 is 11.9 Å². The van der Waals surface area contributed by atoms with Crippen LogP contribution in [0.15, 0.2) is 30.3 Å². The minimum absolute atomic E-state index is 0.0151. The Balaban J connectivity index is 1.50. The number of hydrogen-bond donors (Lipinski definition) is 1. The van der Waals surface area contributed by atoms with E-state index in [0.29, 0.717) is 18.8 Å². The van der Waals surface area contributed by atoms with Gasteiger partial charge in [0.15, 0.2) is 0 Å². The predicted octanol–water partition coefficient (Wildman–Crippen LogP) is 2.23. The Hall–Kier alpha value is -2.63. The number of benzene rings is 1. The second kappa shape index (κ2) is 6.70. The van der Waals surface area contributed by atoms with E-state index >= 15 is 0 Å². The largest absolute Gasteiger partial charge is 0.489 e. The molecule has 25 heavy (non-hydrogen) atoms. The van der Waals surface area contributed by atoms with Crippen molar-refractivity contribution in [1.82, 2.24) is 14.9 Å². The van der Waals surface area contributed by atoms with Gasteiger partial charge in [-0.25, -0.2) is 9.97 Å². The van der Waals surface area contributed by atoms with Gasteiger partial charge in [0.05, 0.1) is 6.54 Å². The molecule has 1 amide bonds. The van der Waals surface area contributed by atoms with Gasteiger partial charge in [-0.15, -0.1) is 0 Å². The first-order valence-electron chi connectivity index (χ1n) is 8.87. The highest BCUT2D eigenvalue weighted by atomic mass is 16.5. The molecule has 2 N–H and O–H groups in total. The maximum atomic E-state index is 13.0. The summed E-state index contributed by atoms with van der Waals surface area (Å²) >= 11 is 0. The lowest BCUT2D eigenvalue weighted by Crippen LogP contribution is -2.33. The van der Waals surface area contributed by atoms with E-state index in [-0.39, 0.29) is 18.0 Å². The third-order valence-corrected chi connectivity index (χ3v) is 4.88. The molecule has 130 valence electrons. The number of amides is 1. The Morgan fingerprint density at radius 2 is 1.96 bits per heavy atom. The van der Waals surface area contributed by atoms with Gasteiger partial charge in [-0.05, 0) is 37.8 Å². The Bertz CT molecular complexity index is 778. The fourth-order valence-electron chi connectivity index (χ4n) is 3.64. The standard InChI is InChI=1S/C19H22N4O2/c20-19-21-16-9-5-4-8-15(16)17(22-19)18(24)23-11-10-14(12-23)25-13-6-2-1-3-7-13/h1-3,6-7,14H,4-5,8-12H2,(H2,20,21,22)/t14-/m1/s1. The van der Waals surface area contributed by atoms with Crippen LogP contribution in [0.5, 0.6) is 5.75 Å². The molecule has 0 spiro atoms. The van der Waals surface area contributed by atoms with E-state index in [1.54, 1.807) is 0 Å². The topological polar surface area (TPSA) is 81.3 Å². The summed E-state index contributed by atoms with van der Waals surface area (Å²) in [5.41, 5.74) is 8.25. The quantitative estimate of drug-likeness (QED) is 0.928. The highest BCUT2D eigenvalue weighted by Gasteiger charge is 2.31. The van der Waals surface area contributed by atoms with Gasteiger partial charge in [0.1, 0.15) is 17.5 Å². The maximum absolute atomic E-state index is 13.0. The van der Waals surface area contributed by atoms with E-state index < -0.39 is 0 Å². The highest BCUT2D eigenvalue weighted by molar-refractivity contribution is 5.94. The minimum atomic E-state index is -0.0496. The molecule has 0 radical (unpaired) electrons. The number of ether oxygens (including phenoxy) is 1. The molecule has 4 rings (SSSR count). The second-order valence-corrected chi connectivity index (χ2v) is 6.66. The predicted molar refractivity (Wildman–Crippen MR) is 94.5 cm³/mol. The van der Waals surface area contributed by atoms with Crippen molar-refractivity contribution in [3.05, 3.63) is 47.3 Å². The number of rotatable bonds is 3. The van der Waals surface area contributed by atoms with Crippen molar-refractivity contribution in [1.29, 1.82) is 0 Å². The first kappa shape index (κ1) is 15.9. The normalized spacial score (nSPS) is 19.5. The number of nitrogens with zero attached hydrogens (tertiary/aromatic N) is 3. The van der Waals surface area contributed by atoms with Gasteiger partial charge in [0.2, 0.25) is 5.95 Å². The zero-order valence-electron chi connectivity index (χ0n) is 14.1. The van der Waals surface area contributed by atoms with E-state index in [1.165, 1.54) is 0 Å². The zero-order valence-corrected chi connectivity index (χ0v) is 14.1. The van der Waals surface area contributed by atoms with Crippen molar-refractivity contribution < 1.29 is 9.53 Å². The molecule has 6 nitrogen and oxygen atoms in total. The van der Waals surface area contributed by atoms with E-state index in [2.05, 4.69) is 9.97 Å². The summed E-state index contributed by atoms with van der Waals surface area (Å²) in [6.07, 6.45) is 4.73. The van der Waals surface area contributed by atoms with Crippen LogP contribution in [0.25, 0.3) is 0 Å². The molecule has 0 unspecified atom stereocenters. The van der Waals surface area contributed by atoms with Crippen molar-refractivity contribution in [2.75, 3.05) is 18.8 Å². The Labute approximate surface area is 147 Å². The third-order valence-electron chi connectivity index (χ3n) is 4.88. The molecule has 1 aromatic heterocycles. The molecule has 1 fully saturated rings. The second-order valence-electron chi connectivity index (χ2n) is 6.66. The molecule has 2 aromatic rings. The molecule has 2 aliphatic rings. The van der Waals surface area contributed by atoms with E-state index in [9.17, 15) is 4.79 Å². The minimum Gasteiger partial charge on any atom is -0.489 e. The Morgan fingerprint density at radius 1 is 1.16 bits per heavy atom. The fourth-order valence-corrected chi connectivity index (χ4v) is 3.64. The Morgan fingerprint density at radius 3 is 2.80 bits per heavy atom. The maximum Gasteiger partial charge on any atom is 0.273 e. The molecular weight excluding hydrogens is 316 g/mol. The molecular formula is C19H22N4O2. The number of likely N-dealkylation sites (tertiary alicyclic amines) is 1. The van der Waals surface area contributed by atoms with Crippen LogP contribution in [0.3, 0.4) is 0 Å². The number of aryl methyl sites for hydroxylation is 1. The van der Waals surface area contributed by atoms with Gasteiger partial charge in [0.25, 0.3) is 5.91 Å². The summed E-state index contributed by atoms with van der Waals surface area (Å²) in [7, 11) is 0. The third kappa shape index (κ3) is 3.29. The average Bonchev–Trinajstić information content (AvgIpc) is 3.09.